The number of carbonyl (C=O) groups excluding carboxylic acids is 1. The average Bonchev–Trinajstić information content (AvgIpc) is 3.47. The van der Waals surface area contributed by atoms with Gasteiger partial charge in [-0.25, -0.2) is 0 Å². The monoisotopic (exact) mass is 375 g/mol. The van der Waals surface area contributed by atoms with Crippen molar-refractivity contribution in [1.82, 2.24) is 15.1 Å². The Kier molecular flexibility index (Phi) is 4.69. The third kappa shape index (κ3) is 3.47. The molecule has 2 aliphatic heterocycles. The van der Waals surface area contributed by atoms with Crippen LogP contribution in [0.5, 0.6) is 0 Å². The molecule has 146 valence electrons. The number of nitrogens with one attached hydrogen (secondary N) is 1. The zero-order valence-corrected chi connectivity index (χ0v) is 16.7. The maximum absolute atomic E-state index is 13.4. The third-order valence-electron chi connectivity index (χ3n) is 6.43. The Hall–Kier alpha value is -2.17. The molecule has 1 saturated carbocycles. The Morgan fingerprint density at radius 3 is 2.64 bits per heavy atom. The van der Waals surface area contributed by atoms with Gasteiger partial charge in [-0.2, -0.15) is 0 Å². The number of fused-ring (bicyclic) bond motifs is 1. The minimum atomic E-state index is 0.208. The van der Waals surface area contributed by atoms with Crippen LogP contribution in [0.1, 0.15) is 56.9 Å². The van der Waals surface area contributed by atoms with Crippen molar-refractivity contribution in [3.05, 3.63) is 69.8 Å². The Morgan fingerprint density at radius 2 is 1.86 bits per heavy atom. The maximum Gasteiger partial charge on any atom is 0.255 e. The number of hydrogen-bond donors (Lipinski definition) is 1. The molecule has 0 spiro atoms. The minimum Gasteiger partial charge on any atom is -0.330 e. The topological polar surface area (TPSA) is 35.6 Å². The molecule has 1 aliphatic carbocycles. The molecule has 2 aromatic rings. The van der Waals surface area contributed by atoms with Crippen molar-refractivity contribution in [3.63, 3.8) is 0 Å². The molecule has 0 radical (unpaired) electrons. The number of rotatable bonds is 4. The molecule has 4 nitrogen and oxygen atoms in total. The number of piperazine rings is 1. The third-order valence-corrected chi connectivity index (χ3v) is 6.43. The Labute approximate surface area is 167 Å². The quantitative estimate of drug-likeness (QED) is 0.889. The largest absolute Gasteiger partial charge is 0.330 e. The van der Waals surface area contributed by atoms with Gasteiger partial charge in [0.05, 0.1) is 0 Å². The molecule has 28 heavy (non-hydrogen) atoms. The van der Waals surface area contributed by atoms with E-state index in [1.54, 1.807) is 0 Å². The summed E-state index contributed by atoms with van der Waals surface area (Å²) in [6.07, 6.45) is 2.44. The summed E-state index contributed by atoms with van der Waals surface area (Å²) >= 11 is 0. The van der Waals surface area contributed by atoms with Crippen LogP contribution in [-0.4, -0.2) is 41.9 Å². The first-order valence-corrected chi connectivity index (χ1v) is 10.6. The molecule has 1 N–H and O–H groups in total. The Balaban J connectivity index is 1.33. The number of amides is 1. The Bertz CT molecular complexity index is 897. The van der Waals surface area contributed by atoms with E-state index < -0.39 is 0 Å². The summed E-state index contributed by atoms with van der Waals surface area (Å²) < 4.78 is 0. The van der Waals surface area contributed by atoms with Gasteiger partial charge in [-0.1, -0.05) is 36.4 Å². The lowest BCUT2D eigenvalue weighted by Crippen LogP contribution is -2.42. The summed E-state index contributed by atoms with van der Waals surface area (Å²) in [6.45, 7) is 8.93. The fourth-order valence-electron chi connectivity index (χ4n) is 4.69. The van der Waals surface area contributed by atoms with Crippen molar-refractivity contribution < 1.29 is 4.79 Å². The normalized spacial score (nSPS) is 19.7. The van der Waals surface area contributed by atoms with Gasteiger partial charge < -0.3 is 10.2 Å². The van der Waals surface area contributed by atoms with Gasteiger partial charge in [0, 0.05) is 51.4 Å². The molecule has 0 atom stereocenters. The molecule has 2 heterocycles. The summed E-state index contributed by atoms with van der Waals surface area (Å²) in [5, 5.41) is 3.41. The number of hydrogen-bond acceptors (Lipinski definition) is 3. The SMILES string of the molecule is Cc1cccc(C2CC2)c1C(=O)N1Cc2ccc(CN3CCNCC3)cc2C1. The predicted octanol–water partition coefficient (Wildman–Crippen LogP) is 3.43. The van der Waals surface area contributed by atoms with Crippen molar-refractivity contribution in [3.8, 4) is 0 Å². The average molecular weight is 376 g/mol. The molecule has 0 unspecified atom stereocenters. The van der Waals surface area contributed by atoms with Crippen LogP contribution in [0.25, 0.3) is 0 Å². The van der Waals surface area contributed by atoms with E-state index in [4.69, 9.17) is 0 Å². The number of carbonyl (C=O) groups is 1. The smallest absolute Gasteiger partial charge is 0.255 e. The van der Waals surface area contributed by atoms with Crippen LogP contribution in [0.15, 0.2) is 36.4 Å². The van der Waals surface area contributed by atoms with Crippen LogP contribution in [-0.2, 0) is 19.6 Å². The van der Waals surface area contributed by atoms with Gasteiger partial charge in [-0.15, -0.1) is 0 Å². The molecule has 1 saturated heterocycles. The number of benzene rings is 2. The van der Waals surface area contributed by atoms with Crippen LogP contribution in [0.4, 0.5) is 0 Å². The Morgan fingerprint density at radius 1 is 1.07 bits per heavy atom. The highest BCUT2D eigenvalue weighted by Gasteiger charge is 2.32. The fraction of sp³-hybridized carbons (Fsp3) is 0.458. The fourth-order valence-corrected chi connectivity index (χ4v) is 4.69. The van der Waals surface area contributed by atoms with E-state index in [2.05, 4.69) is 53.5 Å². The van der Waals surface area contributed by atoms with Crippen LogP contribution in [0, 0.1) is 6.92 Å². The lowest BCUT2D eigenvalue weighted by atomic mass is 9.97. The molecular weight excluding hydrogens is 346 g/mol. The van der Waals surface area contributed by atoms with Gasteiger partial charge >= 0.3 is 0 Å². The molecule has 3 aliphatic rings. The molecule has 2 aromatic carbocycles. The van der Waals surface area contributed by atoms with E-state index in [0.717, 1.165) is 56.9 Å². The van der Waals surface area contributed by atoms with E-state index in [9.17, 15) is 4.79 Å². The van der Waals surface area contributed by atoms with Gasteiger partial charge in [-0.05, 0) is 53.5 Å². The highest BCUT2D eigenvalue weighted by Crippen LogP contribution is 2.43. The molecule has 0 bridgehead atoms. The zero-order chi connectivity index (χ0) is 19.1. The van der Waals surface area contributed by atoms with Crippen molar-refractivity contribution >= 4 is 5.91 Å². The van der Waals surface area contributed by atoms with Crippen LogP contribution in [0.3, 0.4) is 0 Å². The summed E-state index contributed by atoms with van der Waals surface area (Å²) in [7, 11) is 0. The molecule has 5 rings (SSSR count). The van der Waals surface area contributed by atoms with Crippen molar-refractivity contribution in [2.45, 2.75) is 45.3 Å². The van der Waals surface area contributed by atoms with Crippen LogP contribution >= 0.6 is 0 Å². The van der Waals surface area contributed by atoms with E-state index >= 15 is 0 Å². The van der Waals surface area contributed by atoms with Gasteiger partial charge in [0.25, 0.3) is 5.91 Å². The number of nitrogens with zero attached hydrogens (tertiary/aromatic N) is 2. The van der Waals surface area contributed by atoms with Crippen molar-refractivity contribution in [1.29, 1.82) is 0 Å². The molecular formula is C24H29N3O. The van der Waals surface area contributed by atoms with E-state index in [0.29, 0.717) is 5.92 Å². The molecule has 4 heteroatoms. The van der Waals surface area contributed by atoms with E-state index in [-0.39, 0.29) is 5.91 Å². The molecule has 0 aromatic heterocycles. The predicted molar refractivity (Wildman–Crippen MR) is 111 cm³/mol. The highest BCUT2D eigenvalue weighted by molar-refractivity contribution is 5.97. The second-order valence-electron chi connectivity index (χ2n) is 8.60. The number of aryl methyl sites for hydroxylation is 1. The summed E-state index contributed by atoms with van der Waals surface area (Å²) in [4.78, 5) is 17.9. The lowest BCUT2D eigenvalue weighted by molar-refractivity contribution is 0.0749. The molecule has 2 fully saturated rings. The van der Waals surface area contributed by atoms with E-state index in [1.165, 1.54) is 35.1 Å². The summed E-state index contributed by atoms with van der Waals surface area (Å²) in [5.41, 5.74) is 7.33. The summed E-state index contributed by atoms with van der Waals surface area (Å²) in [6, 6.07) is 13.1. The lowest BCUT2D eigenvalue weighted by Gasteiger charge is -2.27. The van der Waals surface area contributed by atoms with Gasteiger partial charge in [0.1, 0.15) is 0 Å². The van der Waals surface area contributed by atoms with Crippen molar-refractivity contribution in [2.24, 2.45) is 0 Å². The van der Waals surface area contributed by atoms with Gasteiger partial charge in [-0.3, -0.25) is 9.69 Å². The standard InChI is InChI=1S/C24H29N3O/c1-17-3-2-4-22(19-7-8-19)23(17)24(28)27-15-20-6-5-18(13-21(20)16-27)14-26-11-9-25-10-12-26/h2-6,13,19,25H,7-12,14-16H2,1H3. The van der Waals surface area contributed by atoms with Crippen LogP contribution in [0.2, 0.25) is 0 Å². The maximum atomic E-state index is 13.4. The first-order chi connectivity index (χ1) is 13.7. The second-order valence-corrected chi connectivity index (χ2v) is 8.60. The first kappa shape index (κ1) is 17.9. The minimum absolute atomic E-state index is 0.208. The van der Waals surface area contributed by atoms with E-state index in [1.807, 2.05) is 4.90 Å². The summed E-state index contributed by atoms with van der Waals surface area (Å²) in [5.74, 6) is 0.800. The second kappa shape index (κ2) is 7.34. The van der Waals surface area contributed by atoms with Gasteiger partial charge in [0.15, 0.2) is 0 Å². The molecule has 1 amide bonds. The van der Waals surface area contributed by atoms with Crippen LogP contribution < -0.4 is 5.32 Å². The van der Waals surface area contributed by atoms with Crippen molar-refractivity contribution in [2.75, 3.05) is 26.2 Å². The first-order valence-electron chi connectivity index (χ1n) is 10.6. The zero-order valence-electron chi connectivity index (χ0n) is 16.7. The highest BCUT2D eigenvalue weighted by atomic mass is 16.2. The van der Waals surface area contributed by atoms with Gasteiger partial charge in [0.2, 0.25) is 0 Å².